The molecule has 0 spiro atoms. The van der Waals surface area contributed by atoms with E-state index < -0.39 is 0 Å². The first-order valence-electron chi connectivity index (χ1n) is 10.9. The van der Waals surface area contributed by atoms with Crippen LogP contribution >= 0.6 is 0 Å². The minimum atomic E-state index is 0.192. The Morgan fingerprint density at radius 2 is 2.17 bits per heavy atom. The van der Waals surface area contributed by atoms with E-state index >= 15 is 0 Å². The molecule has 2 fully saturated rings. The molecule has 4 heterocycles. The maximum absolute atomic E-state index is 11.6. The van der Waals surface area contributed by atoms with E-state index in [1.807, 2.05) is 16.8 Å². The summed E-state index contributed by atoms with van der Waals surface area (Å²) in [5, 5.41) is 29.2. The van der Waals surface area contributed by atoms with Crippen molar-refractivity contribution in [3.8, 4) is 0 Å². The largest absolute Gasteiger partial charge is 0.619 e. The summed E-state index contributed by atoms with van der Waals surface area (Å²) in [5.41, 5.74) is 3.04. The summed E-state index contributed by atoms with van der Waals surface area (Å²) in [6, 6.07) is 6.05. The Morgan fingerprint density at radius 1 is 1.27 bits per heavy atom. The van der Waals surface area contributed by atoms with Gasteiger partial charge in [0.25, 0.3) is 0 Å². The highest BCUT2D eigenvalue weighted by Crippen LogP contribution is 2.42. The van der Waals surface area contributed by atoms with Crippen LogP contribution in [-0.2, 0) is 6.54 Å². The van der Waals surface area contributed by atoms with Gasteiger partial charge in [0, 0.05) is 49.0 Å². The molecule has 2 aliphatic rings. The van der Waals surface area contributed by atoms with Crippen LogP contribution in [0.4, 0.5) is 11.6 Å². The summed E-state index contributed by atoms with van der Waals surface area (Å²) in [5.74, 6) is 2.37. The number of anilines is 2. The number of fused-ring (bicyclic) bond motifs is 1. The third kappa shape index (κ3) is 3.79. The molecule has 2 N–H and O–H groups in total. The van der Waals surface area contributed by atoms with Gasteiger partial charge in [-0.1, -0.05) is 0 Å². The highest BCUT2D eigenvalue weighted by atomic mass is 16.5. The van der Waals surface area contributed by atoms with Crippen LogP contribution in [0.15, 0.2) is 36.8 Å². The van der Waals surface area contributed by atoms with E-state index in [0.717, 1.165) is 53.4 Å². The molecule has 8 nitrogen and oxygen atoms in total. The maximum atomic E-state index is 11.6. The molecule has 5 rings (SSSR count). The molecule has 0 radical (unpaired) electrons. The highest BCUT2D eigenvalue weighted by Gasteiger charge is 2.30. The summed E-state index contributed by atoms with van der Waals surface area (Å²) in [6.45, 7) is 1.67. The number of pyridine rings is 1. The van der Waals surface area contributed by atoms with Crippen LogP contribution in [0.2, 0.25) is 0 Å². The van der Waals surface area contributed by atoms with Gasteiger partial charge in [0.1, 0.15) is 11.6 Å². The zero-order valence-electron chi connectivity index (χ0n) is 17.1. The van der Waals surface area contributed by atoms with Crippen LogP contribution in [0.5, 0.6) is 0 Å². The third-order valence-corrected chi connectivity index (χ3v) is 6.20. The van der Waals surface area contributed by atoms with Crippen LogP contribution in [0.3, 0.4) is 0 Å². The van der Waals surface area contributed by atoms with Crippen molar-refractivity contribution < 1.29 is 9.84 Å². The molecule has 0 bridgehead atoms. The molecule has 158 valence electrons. The van der Waals surface area contributed by atoms with E-state index in [4.69, 9.17) is 4.98 Å². The Kier molecular flexibility index (Phi) is 5.16. The van der Waals surface area contributed by atoms with Crippen LogP contribution in [0, 0.1) is 5.21 Å². The Bertz CT molecular complexity index is 1030. The molecule has 1 aliphatic heterocycles. The van der Waals surface area contributed by atoms with Crippen molar-refractivity contribution in [3.05, 3.63) is 53.1 Å². The number of nitrogens with one attached hydrogen (secondary N) is 1. The second-order valence-electron chi connectivity index (χ2n) is 8.39. The molecular formula is C22H28N6O2. The predicted molar refractivity (Wildman–Crippen MR) is 114 cm³/mol. The van der Waals surface area contributed by atoms with Crippen LogP contribution in [0.25, 0.3) is 5.65 Å². The summed E-state index contributed by atoms with van der Waals surface area (Å²) < 4.78 is 2.70. The Hall–Kier alpha value is -2.87. The fraction of sp³-hybridized carbons (Fsp3) is 0.500. The average molecular weight is 409 g/mol. The van der Waals surface area contributed by atoms with E-state index in [9.17, 15) is 10.3 Å². The Morgan fingerprint density at radius 3 is 2.97 bits per heavy atom. The molecule has 0 amide bonds. The number of nitrogens with zero attached hydrogens (tertiary/aromatic N) is 5. The summed E-state index contributed by atoms with van der Waals surface area (Å²) in [6.07, 6.45) is 11.6. The maximum Gasteiger partial charge on any atom is 0.185 e. The third-order valence-electron chi connectivity index (χ3n) is 6.20. The number of piperidine rings is 1. The number of rotatable bonds is 7. The van der Waals surface area contributed by atoms with E-state index in [-0.39, 0.29) is 6.61 Å². The van der Waals surface area contributed by atoms with E-state index in [0.29, 0.717) is 18.5 Å². The van der Waals surface area contributed by atoms with Crippen LogP contribution in [-0.4, -0.2) is 38.9 Å². The molecule has 1 atom stereocenters. The molecule has 0 aromatic carbocycles. The van der Waals surface area contributed by atoms with Gasteiger partial charge >= 0.3 is 0 Å². The van der Waals surface area contributed by atoms with Crippen molar-refractivity contribution in [3.63, 3.8) is 0 Å². The molecule has 1 aliphatic carbocycles. The molecule has 0 unspecified atom stereocenters. The van der Waals surface area contributed by atoms with Gasteiger partial charge in [-0.25, -0.2) is 4.98 Å². The lowest BCUT2D eigenvalue weighted by Crippen LogP contribution is -2.40. The number of aromatic nitrogens is 4. The molecular weight excluding hydrogens is 380 g/mol. The standard InChI is InChI=1S/C22H28N6O2/c29-11-8-18-5-1-2-10-27(18)21-12-20(23-13-16-4-3-9-26(30)15-16)28-22(25-21)19(14-24-28)17-6-7-17/h3-4,9,12,14-15,17-18,23,29H,1-2,5-8,10-11,13H2/t18-/m0/s1. The summed E-state index contributed by atoms with van der Waals surface area (Å²) in [4.78, 5) is 7.38. The minimum Gasteiger partial charge on any atom is -0.619 e. The van der Waals surface area contributed by atoms with Gasteiger partial charge < -0.3 is 20.5 Å². The minimum absolute atomic E-state index is 0.192. The molecule has 1 saturated carbocycles. The van der Waals surface area contributed by atoms with Gasteiger partial charge in [0.15, 0.2) is 18.0 Å². The molecule has 3 aromatic rings. The van der Waals surface area contributed by atoms with Crippen molar-refractivity contribution in [2.45, 2.75) is 57.0 Å². The molecule has 30 heavy (non-hydrogen) atoms. The Balaban J connectivity index is 1.51. The van der Waals surface area contributed by atoms with Gasteiger partial charge in [0.05, 0.1) is 6.20 Å². The van der Waals surface area contributed by atoms with Crippen molar-refractivity contribution in [1.82, 2.24) is 14.6 Å². The zero-order chi connectivity index (χ0) is 20.5. The number of hydrogen-bond acceptors (Lipinski definition) is 6. The van der Waals surface area contributed by atoms with Gasteiger partial charge in [-0.3, -0.25) is 0 Å². The molecule has 1 saturated heterocycles. The van der Waals surface area contributed by atoms with Crippen molar-refractivity contribution in [2.24, 2.45) is 0 Å². The van der Waals surface area contributed by atoms with E-state index in [1.54, 1.807) is 12.3 Å². The lowest BCUT2D eigenvalue weighted by atomic mass is 9.99. The molecule has 3 aromatic heterocycles. The first kappa shape index (κ1) is 19.1. The topological polar surface area (TPSA) is 92.6 Å². The van der Waals surface area contributed by atoms with Crippen LogP contribution in [0.1, 0.15) is 55.6 Å². The Labute approximate surface area is 175 Å². The predicted octanol–water partition coefficient (Wildman–Crippen LogP) is 2.59. The second kappa shape index (κ2) is 8.10. The number of aliphatic hydroxyl groups is 1. The number of hydrogen-bond donors (Lipinski definition) is 2. The quantitative estimate of drug-likeness (QED) is 0.461. The first-order valence-corrected chi connectivity index (χ1v) is 10.9. The van der Waals surface area contributed by atoms with Crippen molar-refractivity contribution in [2.75, 3.05) is 23.4 Å². The zero-order valence-corrected chi connectivity index (χ0v) is 17.1. The fourth-order valence-electron chi connectivity index (χ4n) is 4.47. The average Bonchev–Trinajstić information content (AvgIpc) is 3.51. The lowest BCUT2D eigenvalue weighted by molar-refractivity contribution is -0.605. The van der Waals surface area contributed by atoms with E-state index in [2.05, 4.69) is 21.4 Å². The summed E-state index contributed by atoms with van der Waals surface area (Å²) >= 11 is 0. The monoisotopic (exact) mass is 408 g/mol. The normalized spacial score (nSPS) is 19.4. The van der Waals surface area contributed by atoms with Crippen LogP contribution < -0.4 is 14.9 Å². The van der Waals surface area contributed by atoms with Gasteiger partial charge in [-0.05, 0) is 50.5 Å². The summed E-state index contributed by atoms with van der Waals surface area (Å²) in [7, 11) is 0. The fourth-order valence-corrected chi connectivity index (χ4v) is 4.47. The smallest absolute Gasteiger partial charge is 0.185 e. The molecule has 8 heteroatoms. The van der Waals surface area contributed by atoms with Crippen molar-refractivity contribution in [1.29, 1.82) is 0 Å². The second-order valence-corrected chi connectivity index (χ2v) is 8.39. The van der Waals surface area contributed by atoms with Gasteiger partial charge in [0.2, 0.25) is 0 Å². The van der Waals surface area contributed by atoms with Crippen molar-refractivity contribution >= 4 is 17.3 Å². The van der Waals surface area contributed by atoms with Gasteiger partial charge in [-0.2, -0.15) is 14.3 Å². The highest BCUT2D eigenvalue weighted by molar-refractivity contribution is 5.62. The lowest BCUT2D eigenvalue weighted by Gasteiger charge is -2.36. The number of aliphatic hydroxyl groups excluding tert-OH is 1. The van der Waals surface area contributed by atoms with Gasteiger partial charge in [-0.15, -0.1) is 0 Å². The first-order chi connectivity index (χ1) is 14.7. The van der Waals surface area contributed by atoms with E-state index in [1.165, 1.54) is 31.0 Å². The SMILES string of the molecule is [O-][n+]1cccc(CNc2cc(N3CCCC[C@H]3CCO)nc3c(C4CC4)cnn23)c1.